The second kappa shape index (κ2) is 8.38. The third-order valence-electron chi connectivity index (χ3n) is 5.48. The van der Waals surface area contributed by atoms with Gasteiger partial charge in [-0.3, -0.25) is 4.98 Å². The van der Waals surface area contributed by atoms with Crippen LogP contribution in [0.15, 0.2) is 42.6 Å². The lowest BCUT2D eigenvalue weighted by Crippen LogP contribution is -2.42. The van der Waals surface area contributed by atoms with Crippen molar-refractivity contribution < 1.29 is 9.53 Å². The number of ether oxygens (including phenoxy) is 1. The first-order chi connectivity index (χ1) is 14.8. The number of likely N-dealkylation sites (tertiary alicyclic amines) is 1. The molecule has 0 bridgehead atoms. The predicted molar refractivity (Wildman–Crippen MR) is 118 cm³/mol. The third kappa shape index (κ3) is 4.69. The number of piperidine rings is 1. The van der Waals surface area contributed by atoms with Crippen molar-refractivity contribution in [3.8, 4) is 17.6 Å². The monoisotopic (exact) mass is 417 g/mol. The van der Waals surface area contributed by atoms with Crippen molar-refractivity contribution in [3.63, 3.8) is 0 Å². The number of imidazole rings is 1. The second-order valence-electron chi connectivity index (χ2n) is 8.99. The molecule has 7 heteroatoms. The topological polar surface area (TPSA) is 84.0 Å². The number of amides is 1. The van der Waals surface area contributed by atoms with Crippen molar-refractivity contribution in [3.05, 3.63) is 48.2 Å². The average molecular weight is 418 g/mol. The molecule has 1 fully saturated rings. The summed E-state index contributed by atoms with van der Waals surface area (Å²) >= 11 is 0. The standard InChI is InChI=1S/C24H27N5O2/c1-24(2,3)31-23(30)28-12-9-17(10-13-28)16-29-21-7-5-4-6-19(21)27-22(29)20-14-18(15-25)8-11-26-20/h4-8,11,14,17H,9-10,12-13,16H2,1-3H3. The zero-order chi connectivity index (χ0) is 22.0. The van der Waals surface area contributed by atoms with E-state index in [1.165, 1.54) is 0 Å². The summed E-state index contributed by atoms with van der Waals surface area (Å²) in [5.74, 6) is 1.18. The van der Waals surface area contributed by atoms with Crippen molar-refractivity contribution in [2.24, 2.45) is 5.92 Å². The first-order valence-electron chi connectivity index (χ1n) is 10.6. The Kier molecular flexibility index (Phi) is 5.64. The highest BCUT2D eigenvalue weighted by Gasteiger charge is 2.28. The Labute approximate surface area is 182 Å². The lowest BCUT2D eigenvalue weighted by molar-refractivity contribution is 0.0178. The van der Waals surface area contributed by atoms with E-state index in [0.717, 1.165) is 36.2 Å². The summed E-state index contributed by atoms with van der Waals surface area (Å²) in [6.07, 6.45) is 3.21. The number of carbonyl (C=O) groups is 1. The van der Waals surface area contributed by atoms with Gasteiger partial charge in [-0.1, -0.05) is 12.1 Å². The van der Waals surface area contributed by atoms with Crippen molar-refractivity contribution in [1.82, 2.24) is 19.4 Å². The first kappa shape index (κ1) is 20.9. The number of nitriles is 1. The highest BCUT2D eigenvalue weighted by Crippen LogP contribution is 2.28. The summed E-state index contributed by atoms with van der Waals surface area (Å²) in [5, 5.41) is 9.27. The van der Waals surface area contributed by atoms with Crippen LogP contribution in [0.4, 0.5) is 4.79 Å². The molecule has 1 aliphatic rings. The second-order valence-corrected chi connectivity index (χ2v) is 8.99. The molecule has 0 aliphatic carbocycles. The zero-order valence-electron chi connectivity index (χ0n) is 18.2. The van der Waals surface area contributed by atoms with E-state index in [1.807, 2.05) is 39.0 Å². The van der Waals surface area contributed by atoms with E-state index in [1.54, 1.807) is 23.2 Å². The molecule has 3 heterocycles. The van der Waals surface area contributed by atoms with E-state index in [9.17, 15) is 10.1 Å². The molecule has 0 N–H and O–H groups in total. The van der Waals surface area contributed by atoms with Gasteiger partial charge in [0, 0.05) is 25.8 Å². The minimum absolute atomic E-state index is 0.239. The highest BCUT2D eigenvalue weighted by atomic mass is 16.6. The van der Waals surface area contributed by atoms with E-state index in [0.29, 0.717) is 30.3 Å². The lowest BCUT2D eigenvalue weighted by atomic mass is 9.96. The summed E-state index contributed by atoms with van der Waals surface area (Å²) < 4.78 is 7.71. The Morgan fingerprint density at radius 1 is 1.23 bits per heavy atom. The smallest absolute Gasteiger partial charge is 0.410 e. The van der Waals surface area contributed by atoms with Gasteiger partial charge in [-0.05, 0) is 63.8 Å². The van der Waals surface area contributed by atoms with Gasteiger partial charge in [-0.15, -0.1) is 0 Å². The van der Waals surface area contributed by atoms with E-state index in [4.69, 9.17) is 9.72 Å². The van der Waals surface area contributed by atoms with Crippen LogP contribution in [0, 0.1) is 17.2 Å². The Bertz CT molecular complexity index is 1130. The lowest BCUT2D eigenvalue weighted by Gasteiger charge is -2.33. The van der Waals surface area contributed by atoms with Gasteiger partial charge in [0.05, 0.1) is 22.7 Å². The Balaban J connectivity index is 1.55. The molecule has 2 aromatic heterocycles. The molecule has 1 amide bonds. The molecule has 0 saturated carbocycles. The Morgan fingerprint density at radius 3 is 2.68 bits per heavy atom. The fraction of sp³-hybridized carbons (Fsp3) is 0.417. The zero-order valence-corrected chi connectivity index (χ0v) is 18.2. The minimum Gasteiger partial charge on any atom is -0.444 e. The van der Waals surface area contributed by atoms with Crippen molar-refractivity contribution >= 4 is 17.1 Å². The number of benzene rings is 1. The van der Waals surface area contributed by atoms with Gasteiger partial charge in [0.2, 0.25) is 0 Å². The van der Waals surface area contributed by atoms with E-state index in [-0.39, 0.29) is 6.09 Å². The van der Waals surface area contributed by atoms with Gasteiger partial charge >= 0.3 is 6.09 Å². The Morgan fingerprint density at radius 2 is 1.97 bits per heavy atom. The Hall–Kier alpha value is -3.40. The predicted octanol–water partition coefficient (Wildman–Crippen LogP) is 4.62. The number of nitrogens with zero attached hydrogens (tertiary/aromatic N) is 5. The van der Waals surface area contributed by atoms with Gasteiger partial charge in [0.1, 0.15) is 11.3 Å². The van der Waals surface area contributed by atoms with Gasteiger partial charge in [0.25, 0.3) is 0 Å². The number of fused-ring (bicyclic) bond motifs is 1. The maximum Gasteiger partial charge on any atom is 0.410 e. The number of pyridine rings is 1. The number of aromatic nitrogens is 3. The molecule has 7 nitrogen and oxygen atoms in total. The fourth-order valence-corrected chi connectivity index (χ4v) is 3.96. The molecule has 0 radical (unpaired) electrons. The number of hydrogen-bond donors (Lipinski definition) is 0. The van der Waals surface area contributed by atoms with Crippen LogP contribution < -0.4 is 0 Å². The van der Waals surface area contributed by atoms with Crippen LogP contribution in [-0.4, -0.2) is 44.2 Å². The maximum absolute atomic E-state index is 12.4. The number of para-hydroxylation sites is 2. The van der Waals surface area contributed by atoms with Crippen molar-refractivity contribution in [2.45, 2.75) is 45.8 Å². The SMILES string of the molecule is CC(C)(C)OC(=O)N1CCC(Cn2c(-c3cc(C#N)ccn3)nc3ccccc32)CC1. The first-order valence-corrected chi connectivity index (χ1v) is 10.6. The molecule has 31 heavy (non-hydrogen) atoms. The molecule has 0 atom stereocenters. The van der Waals surface area contributed by atoms with E-state index >= 15 is 0 Å². The normalized spacial score (nSPS) is 15.1. The third-order valence-corrected chi connectivity index (χ3v) is 5.48. The summed E-state index contributed by atoms with van der Waals surface area (Å²) in [6.45, 7) is 7.82. The van der Waals surface area contributed by atoms with Crippen LogP contribution in [0.25, 0.3) is 22.6 Å². The molecule has 4 rings (SSSR count). The van der Waals surface area contributed by atoms with Crippen LogP contribution in [0.5, 0.6) is 0 Å². The van der Waals surface area contributed by atoms with Gasteiger partial charge < -0.3 is 14.2 Å². The molecule has 0 unspecified atom stereocenters. The molecule has 3 aromatic rings. The largest absolute Gasteiger partial charge is 0.444 e. The van der Waals surface area contributed by atoms with Crippen LogP contribution >= 0.6 is 0 Å². The van der Waals surface area contributed by atoms with Crippen LogP contribution in [0.1, 0.15) is 39.2 Å². The van der Waals surface area contributed by atoms with Gasteiger partial charge in [-0.25, -0.2) is 9.78 Å². The molecule has 1 saturated heterocycles. The summed E-state index contributed by atoms with van der Waals surface area (Å²) in [5.41, 5.74) is 2.74. The van der Waals surface area contributed by atoms with E-state index < -0.39 is 5.60 Å². The number of hydrogen-bond acceptors (Lipinski definition) is 5. The highest BCUT2D eigenvalue weighted by molar-refractivity contribution is 5.80. The van der Waals surface area contributed by atoms with Crippen molar-refractivity contribution in [1.29, 1.82) is 5.26 Å². The van der Waals surface area contributed by atoms with Gasteiger partial charge in [0.15, 0.2) is 5.82 Å². The number of carbonyl (C=O) groups excluding carboxylic acids is 1. The molecule has 1 aliphatic heterocycles. The average Bonchev–Trinajstić information content (AvgIpc) is 3.11. The van der Waals surface area contributed by atoms with E-state index in [2.05, 4.69) is 21.7 Å². The molecule has 0 spiro atoms. The maximum atomic E-state index is 12.4. The summed E-state index contributed by atoms with van der Waals surface area (Å²) in [7, 11) is 0. The van der Waals surface area contributed by atoms with Crippen molar-refractivity contribution in [2.75, 3.05) is 13.1 Å². The quantitative estimate of drug-likeness (QED) is 0.621. The van der Waals surface area contributed by atoms with Crippen LogP contribution in [0.2, 0.25) is 0 Å². The van der Waals surface area contributed by atoms with Crippen LogP contribution in [0.3, 0.4) is 0 Å². The molecular weight excluding hydrogens is 390 g/mol. The fourth-order valence-electron chi connectivity index (χ4n) is 3.96. The molecule has 160 valence electrons. The molecular formula is C24H27N5O2. The van der Waals surface area contributed by atoms with Crippen LogP contribution in [-0.2, 0) is 11.3 Å². The summed E-state index contributed by atoms with van der Waals surface area (Å²) in [4.78, 5) is 23.4. The molecule has 1 aromatic carbocycles. The minimum atomic E-state index is -0.483. The summed E-state index contributed by atoms with van der Waals surface area (Å²) in [6, 6.07) is 13.7. The number of rotatable bonds is 3. The van der Waals surface area contributed by atoms with Gasteiger partial charge in [-0.2, -0.15) is 5.26 Å².